The second-order valence-corrected chi connectivity index (χ2v) is 8.49. The number of ether oxygens (including phenoxy) is 1. The van der Waals surface area contributed by atoms with Crippen molar-refractivity contribution in [2.75, 3.05) is 39.4 Å². The van der Waals surface area contributed by atoms with E-state index in [4.69, 9.17) is 4.74 Å². The van der Waals surface area contributed by atoms with E-state index in [2.05, 4.69) is 77.5 Å². The summed E-state index contributed by atoms with van der Waals surface area (Å²) in [6, 6.07) is 16.7. The fourth-order valence-corrected chi connectivity index (χ4v) is 4.53. The highest BCUT2D eigenvalue weighted by molar-refractivity contribution is 6.00. The van der Waals surface area contributed by atoms with Crippen molar-refractivity contribution in [3.8, 4) is 11.3 Å². The molecule has 0 aliphatic carbocycles. The van der Waals surface area contributed by atoms with Crippen LogP contribution in [0.15, 0.2) is 48.5 Å². The van der Waals surface area contributed by atoms with Crippen molar-refractivity contribution in [2.45, 2.75) is 19.9 Å². The van der Waals surface area contributed by atoms with Crippen LogP contribution in [0.25, 0.3) is 11.3 Å². The van der Waals surface area contributed by atoms with Crippen molar-refractivity contribution < 1.29 is 9.53 Å². The number of aromatic amines is 1. The second kappa shape index (κ2) is 8.29. The van der Waals surface area contributed by atoms with E-state index in [0.717, 1.165) is 55.2 Å². The number of hydrogen-bond acceptors (Lipinski definition) is 4. The molecule has 1 aromatic heterocycles. The smallest absolute Gasteiger partial charge is 0.273 e. The van der Waals surface area contributed by atoms with Crippen molar-refractivity contribution >= 4 is 5.91 Å². The number of aryl methyl sites for hydroxylation is 2. The van der Waals surface area contributed by atoms with Crippen LogP contribution >= 0.6 is 0 Å². The lowest BCUT2D eigenvalue weighted by Crippen LogP contribution is -2.42. The number of fused-ring (bicyclic) bond motifs is 1. The minimum Gasteiger partial charge on any atom is -0.379 e. The lowest BCUT2D eigenvalue weighted by Gasteiger charge is -2.31. The molecular weight excluding hydrogens is 388 g/mol. The van der Waals surface area contributed by atoms with Gasteiger partial charge in [0.15, 0.2) is 0 Å². The number of aromatic nitrogens is 2. The number of nitrogens with one attached hydrogen (secondary N) is 1. The second-order valence-electron chi connectivity index (χ2n) is 8.49. The summed E-state index contributed by atoms with van der Waals surface area (Å²) in [5, 5.41) is 7.62. The van der Waals surface area contributed by atoms with Gasteiger partial charge in [0.1, 0.15) is 5.69 Å². The van der Waals surface area contributed by atoms with Gasteiger partial charge in [-0.2, -0.15) is 5.10 Å². The molecule has 3 heterocycles. The zero-order valence-corrected chi connectivity index (χ0v) is 18.1. The summed E-state index contributed by atoms with van der Waals surface area (Å²) in [5.41, 5.74) is 7.02. The number of carbonyl (C=O) groups excluding carboxylic acids is 1. The molecule has 31 heavy (non-hydrogen) atoms. The van der Waals surface area contributed by atoms with E-state index in [9.17, 15) is 4.79 Å². The molecule has 6 heteroatoms. The summed E-state index contributed by atoms with van der Waals surface area (Å²) in [5.74, 6) is 0.0275. The maximum Gasteiger partial charge on any atom is 0.273 e. The van der Waals surface area contributed by atoms with E-state index >= 15 is 0 Å². The maximum absolute atomic E-state index is 13.4. The fraction of sp³-hybridized carbons (Fsp3) is 0.360. The largest absolute Gasteiger partial charge is 0.379 e. The Morgan fingerprint density at radius 3 is 2.29 bits per heavy atom. The third-order valence-electron chi connectivity index (χ3n) is 6.34. The molecule has 0 radical (unpaired) electrons. The molecule has 5 rings (SSSR count). The number of H-pyrrole nitrogens is 1. The molecule has 0 spiro atoms. The summed E-state index contributed by atoms with van der Waals surface area (Å²) < 4.78 is 5.47. The van der Waals surface area contributed by atoms with E-state index in [0.29, 0.717) is 12.2 Å². The van der Waals surface area contributed by atoms with E-state index in [-0.39, 0.29) is 11.9 Å². The van der Waals surface area contributed by atoms with Crippen molar-refractivity contribution in [1.82, 2.24) is 20.0 Å². The van der Waals surface area contributed by atoms with Crippen LogP contribution in [0.2, 0.25) is 0 Å². The molecule has 0 saturated carbocycles. The van der Waals surface area contributed by atoms with Crippen LogP contribution in [0.4, 0.5) is 0 Å². The predicted molar refractivity (Wildman–Crippen MR) is 120 cm³/mol. The highest BCUT2D eigenvalue weighted by atomic mass is 16.5. The lowest BCUT2D eigenvalue weighted by molar-refractivity contribution is 0.0316. The maximum atomic E-state index is 13.4. The van der Waals surface area contributed by atoms with Crippen LogP contribution in [0, 0.1) is 13.8 Å². The van der Waals surface area contributed by atoms with Gasteiger partial charge in [-0.1, -0.05) is 59.7 Å². The number of rotatable bonds is 5. The average Bonchev–Trinajstić information content (AvgIpc) is 3.33. The molecular formula is C25H28N4O2. The van der Waals surface area contributed by atoms with Gasteiger partial charge < -0.3 is 9.64 Å². The number of nitrogens with zero attached hydrogens (tertiary/aromatic N) is 3. The number of amides is 1. The number of morpholine rings is 1. The monoisotopic (exact) mass is 416 g/mol. The Morgan fingerprint density at radius 2 is 1.61 bits per heavy atom. The zero-order valence-electron chi connectivity index (χ0n) is 18.1. The minimum atomic E-state index is -0.140. The number of carbonyl (C=O) groups is 1. The molecule has 1 N–H and O–H groups in total. The summed E-state index contributed by atoms with van der Waals surface area (Å²) >= 11 is 0. The van der Waals surface area contributed by atoms with Crippen molar-refractivity contribution in [2.24, 2.45) is 0 Å². The van der Waals surface area contributed by atoms with Gasteiger partial charge in [-0.3, -0.25) is 14.8 Å². The summed E-state index contributed by atoms with van der Waals surface area (Å²) in [6.45, 7) is 9.02. The van der Waals surface area contributed by atoms with Gasteiger partial charge in [-0.25, -0.2) is 0 Å². The Balaban J connectivity index is 1.52. The first kappa shape index (κ1) is 20.0. The van der Waals surface area contributed by atoms with Crippen LogP contribution in [0.1, 0.15) is 38.8 Å². The van der Waals surface area contributed by atoms with Crippen LogP contribution in [0.3, 0.4) is 0 Å². The molecule has 0 bridgehead atoms. The number of benzene rings is 2. The highest BCUT2D eigenvalue weighted by Crippen LogP contribution is 2.42. The predicted octanol–water partition coefficient (Wildman–Crippen LogP) is 3.57. The van der Waals surface area contributed by atoms with Gasteiger partial charge in [0, 0.05) is 37.3 Å². The van der Waals surface area contributed by atoms with Gasteiger partial charge in [-0.15, -0.1) is 0 Å². The van der Waals surface area contributed by atoms with Crippen LogP contribution in [-0.2, 0) is 4.74 Å². The molecule has 1 saturated heterocycles. The van der Waals surface area contributed by atoms with Gasteiger partial charge in [0.25, 0.3) is 5.91 Å². The molecule has 2 aliphatic rings. The first-order valence-electron chi connectivity index (χ1n) is 10.9. The molecule has 6 nitrogen and oxygen atoms in total. The third kappa shape index (κ3) is 3.77. The Bertz CT molecular complexity index is 1070. The van der Waals surface area contributed by atoms with Crippen LogP contribution in [0.5, 0.6) is 0 Å². The molecule has 1 unspecified atom stereocenters. The Hall–Kier alpha value is -2.96. The topological polar surface area (TPSA) is 61.5 Å². The first-order valence-corrected chi connectivity index (χ1v) is 10.9. The molecule has 1 amide bonds. The number of hydrogen-bond donors (Lipinski definition) is 1. The summed E-state index contributed by atoms with van der Waals surface area (Å²) in [6.07, 6.45) is 0. The van der Waals surface area contributed by atoms with Crippen molar-refractivity contribution in [3.63, 3.8) is 0 Å². The van der Waals surface area contributed by atoms with Gasteiger partial charge in [0.2, 0.25) is 0 Å². The summed E-state index contributed by atoms with van der Waals surface area (Å²) in [4.78, 5) is 17.8. The normalized spacial score (nSPS) is 19.1. The average molecular weight is 417 g/mol. The zero-order chi connectivity index (χ0) is 21.4. The van der Waals surface area contributed by atoms with E-state index in [1.807, 2.05) is 4.90 Å². The van der Waals surface area contributed by atoms with Crippen LogP contribution < -0.4 is 0 Å². The molecule has 2 aliphatic heterocycles. The Labute approximate surface area is 182 Å². The lowest BCUT2D eigenvalue weighted by atomic mass is 9.95. The molecule has 160 valence electrons. The molecule has 1 fully saturated rings. The Morgan fingerprint density at radius 1 is 0.968 bits per heavy atom. The Kier molecular flexibility index (Phi) is 5.34. The van der Waals surface area contributed by atoms with Gasteiger partial charge in [0.05, 0.1) is 24.9 Å². The first-order chi connectivity index (χ1) is 15.1. The standard InChI is InChI=1S/C25H28N4O2/c1-17-3-7-19(8-4-17)22-21-23(27-26-22)25(30)29(12-11-28-13-15-31-16-14-28)24(21)20-9-5-18(2)6-10-20/h3-10,24H,11-16H2,1-2H3,(H,26,27). The van der Waals surface area contributed by atoms with Gasteiger partial charge in [-0.05, 0) is 19.4 Å². The third-order valence-corrected chi connectivity index (χ3v) is 6.34. The molecule has 3 aromatic rings. The highest BCUT2D eigenvalue weighted by Gasteiger charge is 2.42. The molecule has 2 aromatic carbocycles. The van der Waals surface area contributed by atoms with Crippen LogP contribution in [-0.4, -0.2) is 65.3 Å². The van der Waals surface area contributed by atoms with Crippen molar-refractivity contribution in [1.29, 1.82) is 0 Å². The van der Waals surface area contributed by atoms with Gasteiger partial charge >= 0.3 is 0 Å². The van der Waals surface area contributed by atoms with E-state index in [1.54, 1.807) is 0 Å². The quantitative estimate of drug-likeness (QED) is 0.691. The fourth-order valence-electron chi connectivity index (χ4n) is 4.53. The van der Waals surface area contributed by atoms with Crippen molar-refractivity contribution in [3.05, 3.63) is 76.5 Å². The van der Waals surface area contributed by atoms with E-state index in [1.165, 1.54) is 11.1 Å². The summed E-state index contributed by atoms with van der Waals surface area (Å²) in [7, 11) is 0. The minimum absolute atomic E-state index is 0.0275. The SMILES string of the molecule is Cc1ccc(-c2n[nH]c3c2C(c2ccc(C)cc2)N(CCN2CCOCC2)C3=O)cc1. The van der Waals surface area contributed by atoms with E-state index < -0.39 is 0 Å². The molecule has 1 atom stereocenters.